The SMILES string of the molecule is Cc1ccc(-n2cc(CN(C)[C@@H](C)c3ccncn3)c(-c3cccc(C)c3)n2)cc1. The topological polar surface area (TPSA) is 46.8 Å². The average Bonchev–Trinajstić information content (AvgIpc) is 3.18. The highest BCUT2D eigenvalue weighted by atomic mass is 15.3. The molecule has 0 aliphatic heterocycles. The fourth-order valence-electron chi connectivity index (χ4n) is 3.57. The van der Waals surface area contributed by atoms with E-state index in [1.165, 1.54) is 16.7 Å². The molecule has 0 radical (unpaired) electrons. The van der Waals surface area contributed by atoms with Crippen molar-refractivity contribution in [3.05, 3.63) is 95.7 Å². The molecule has 0 saturated carbocycles. The highest BCUT2D eigenvalue weighted by Gasteiger charge is 2.18. The maximum absolute atomic E-state index is 4.97. The zero-order valence-electron chi connectivity index (χ0n) is 17.9. The third-order valence-corrected chi connectivity index (χ3v) is 5.49. The molecule has 0 bridgehead atoms. The third kappa shape index (κ3) is 4.31. The van der Waals surface area contributed by atoms with Gasteiger partial charge in [0, 0.05) is 36.1 Å². The Morgan fingerprint density at radius 2 is 1.80 bits per heavy atom. The smallest absolute Gasteiger partial charge is 0.115 e. The minimum atomic E-state index is 0.168. The van der Waals surface area contributed by atoms with Crippen LogP contribution in [-0.2, 0) is 6.54 Å². The van der Waals surface area contributed by atoms with Crippen LogP contribution in [-0.4, -0.2) is 31.7 Å². The van der Waals surface area contributed by atoms with E-state index in [0.29, 0.717) is 0 Å². The Labute approximate surface area is 178 Å². The molecule has 2 aromatic heterocycles. The maximum Gasteiger partial charge on any atom is 0.115 e. The van der Waals surface area contributed by atoms with Crippen LogP contribution in [0, 0.1) is 13.8 Å². The summed E-state index contributed by atoms with van der Waals surface area (Å²) in [6.45, 7) is 7.14. The average molecular weight is 398 g/mol. The van der Waals surface area contributed by atoms with Gasteiger partial charge in [0.25, 0.3) is 0 Å². The molecule has 0 aliphatic carbocycles. The minimum Gasteiger partial charge on any atom is -0.294 e. The first-order valence-electron chi connectivity index (χ1n) is 10.2. The Kier molecular flexibility index (Phi) is 5.72. The van der Waals surface area contributed by atoms with E-state index in [1.54, 1.807) is 12.5 Å². The Morgan fingerprint density at radius 3 is 2.50 bits per heavy atom. The Morgan fingerprint density at radius 1 is 1.00 bits per heavy atom. The summed E-state index contributed by atoms with van der Waals surface area (Å²) in [5, 5.41) is 4.97. The Hall–Kier alpha value is -3.31. The van der Waals surface area contributed by atoms with Crippen molar-refractivity contribution in [1.29, 1.82) is 0 Å². The lowest BCUT2D eigenvalue weighted by Crippen LogP contribution is -2.22. The Bertz CT molecular complexity index is 1120. The first-order valence-corrected chi connectivity index (χ1v) is 10.2. The van der Waals surface area contributed by atoms with Gasteiger partial charge in [-0.2, -0.15) is 5.10 Å². The van der Waals surface area contributed by atoms with E-state index in [9.17, 15) is 0 Å². The van der Waals surface area contributed by atoms with Gasteiger partial charge in [-0.3, -0.25) is 4.90 Å². The van der Waals surface area contributed by atoms with Crippen molar-refractivity contribution in [2.24, 2.45) is 0 Å². The number of benzene rings is 2. The van der Waals surface area contributed by atoms with E-state index in [0.717, 1.165) is 29.2 Å². The largest absolute Gasteiger partial charge is 0.294 e. The first kappa shape index (κ1) is 20.0. The molecule has 30 heavy (non-hydrogen) atoms. The predicted molar refractivity (Wildman–Crippen MR) is 120 cm³/mol. The van der Waals surface area contributed by atoms with Crippen molar-refractivity contribution in [1.82, 2.24) is 24.6 Å². The van der Waals surface area contributed by atoms with E-state index in [2.05, 4.69) is 97.4 Å². The van der Waals surface area contributed by atoms with Crippen molar-refractivity contribution >= 4 is 0 Å². The molecule has 152 valence electrons. The maximum atomic E-state index is 4.97. The van der Waals surface area contributed by atoms with Gasteiger partial charge in [0.1, 0.15) is 6.33 Å². The molecule has 4 aromatic rings. The standard InChI is InChI=1S/C25H27N5/c1-18-8-10-23(11-9-18)30-16-22(25(28-30)21-7-5-6-19(2)14-21)15-29(4)20(3)24-12-13-26-17-27-24/h5-14,16-17,20H,15H2,1-4H3/t20-/m0/s1. The van der Waals surface area contributed by atoms with Gasteiger partial charge < -0.3 is 0 Å². The molecule has 0 spiro atoms. The molecule has 0 fully saturated rings. The molecule has 5 heteroatoms. The van der Waals surface area contributed by atoms with Crippen LogP contribution >= 0.6 is 0 Å². The zero-order valence-corrected chi connectivity index (χ0v) is 17.9. The van der Waals surface area contributed by atoms with Crippen molar-refractivity contribution in [2.75, 3.05) is 7.05 Å². The highest BCUT2D eigenvalue weighted by molar-refractivity contribution is 5.64. The van der Waals surface area contributed by atoms with Crippen molar-refractivity contribution in [3.8, 4) is 16.9 Å². The molecule has 0 aliphatic rings. The zero-order chi connectivity index (χ0) is 21.1. The fourth-order valence-corrected chi connectivity index (χ4v) is 3.57. The quantitative estimate of drug-likeness (QED) is 0.452. The highest BCUT2D eigenvalue weighted by Crippen LogP contribution is 2.27. The van der Waals surface area contributed by atoms with E-state index in [-0.39, 0.29) is 6.04 Å². The molecule has 1 atom stereocenters. The number of rotatable bonds is 6. The number of hydrogen-bond donors (Lipinski definition) is 0. The summed E-state index contributed by atoms with van der Waals surface area (Å²) in [5.74, 6) is 0. The summed E-state index contributed by atoms with van der Waals surface area (Å²) in [6.07, 6.45) is 5.54. The molecule has 0 saturated heterocycles. The summed E-state index contributed by atoms with van der Waals surface area (Å²) < 4.78 is 1.98. The van der Waals surface area contributed by atoms with Gasteiger partial charge >= 0.3 is 0 Å². The molecule has 0 unspecified atom stereocenters. The van der Waals surface area contributed by atoms with Crippen molar-refractivity contribution in [2.45, 2.75) is 33.4 Å². The molecule has 4 rings (SSSR count). The van der Waals surface area contributed by atoms with Gasteiger partial charge in [0.2, 0.25) is 0 Å². The lowest BCUT2D eigenvalue weighted by molar-refractivity contribution is 0.248. The predicted octanol–water partition coefficient (Wildman–Crippen LogP) is 5.14. The monoisotopic (exact) mass is 397 g/mol. The normalized spacial score (nSPS) is 12.3. The van der Waals surface area contributed by atoms with Gasteiger partial charge in [0.05, 0.1) is 17.1 Å². The lowest BCUT2D eigenvalue weighted by Gasteiger charge is -2.24. The van der Waals surface area contributed by atoms with Crippen LogP contribution in [0.4, 0.5) is 0 Å². The second-order valence-electron chi connectivity index (χ2n) is 7.88. The summed E-state index contributed by atoms with van der Waals surface area (Å²) in [4.78, 5) is 10.7. The lowest BCUT2D eigenvalue weighted by atomic mass is 10.0. The van der Waals surface area contributed by atoms with E-state index < -0.39 is 0 Å². The van der Waals surface area contributed by atoms with Gasteiger partial charge in [-0.15, -0.1) is 0 Å². The molecular weight excluding hydrogens is 370 g/mol. The van der Waals surface area contributed by atoms with Gasteiger partial charge in [-0.1, -0.05) is 41.5 Å². The van der Waals surface area contributed by atoms with Crippen LogP contribution in [0.25, 0.3) is 16.9 Å². The molecule has 2 heterocycles. The van der Waals surface area contributed by atoms with Crippen LogP contribution in [0.15, 0.2) is 73.3 Å². The van der Waals surface area contributed by atoms with E-state index >= 15 is 0 Å². The molecule has 5 nitrogen and oxygen atoms in total. The summed E-state index contributed by atoms with van der Waals surface area (Å²) in [7, 11) is 2.12. The number of aryl methyl sites for hydroxylation is 2. The van der Waals surface area contributed by atoms with E-state index in [1.807, 2.05) is 10.7 Å². The summed E-state index contributed by atoms with van der Waals surface area (Å²) in [5.41, 5.74) is 7.88. The third-order valence-electron chi connectivity index (χ3n) is 5.49. The van der Waals surface area contributed by atoms with Crippen molar-refractivity contribution < 1.29 is 0 Å². The van der Waals surface area contributed by atoms with Crippen LogP contribution in [0.3, 0.4) is 0 Å². The van der Waals surface area contributed by atoms with E-state index in [4.69, 9.17) is 5.10 Å². The second kappa shape index (κ2) is 8.59. The van der Waals surface area contributed by atoms with Crippen molar-refractivity contribution in [3.63, 3.8) is 0 Å². The number of nitrogens with zero attached hydrogens (tertiary/aromatic N) is 5. The van der Waals surface area contributed by atoms with Gasteiger partial charge in [-0.25, -0.2) is 14.6 Å². The van der Waals surface area contributed by atoms with Gasteiger partial charge in [0.15, 0.2) is 0 Å². The van der Waals surface area contributed by atoms with Gasteiger partial charge in [-0.05, 0) is 52.1 Å². The molecule has 0 N–H and O–H groups in total. The van der Waals surface area contributed by atoms with Crippen LogP contribution in [0.2, 0.25) is 0 Å². The first-order chi connectivity index (χ1) is 14.5. The second-order valence-corrected chi connectivity index (χ2v) is 7.88. The molecule has 0 amide bonds. The summed E-state index contributed by atoms with van der Waals surface area (Å²) >= 11 is 0. The number of aromatic nitrogens is 4. The van der Waals surface area contributed by atoms with Crippen LogP contribution < -0.4 is 0 Å². The summed E-state index contributed by atoms with van der Waals surface area (Å²) in [6, 6.07) is 19.1. The molecule has 2 aromatic carbocycles. The molecular formula is C25H27N5. The minimum absolute atomic E-state index is 0.168. The fraction of sp³-hybridized carbons (Fsp3) is 0.240. The Balaban J connectivity index is 1.70. The van der Waals surface area contributed by atoms with Crippen LogP contribution in [0.1, 0.15) is 35.3 Å². The van der Waals surface area contributed by atoms with Crippen LogP contribution in [0.5, 0.6) is 0 Å². The number of hydrogen-bond acceptors (Lipinski definition) is 4.